The summed E-state index contributed by atoms with van der Waals surface area (Å²) >= 11 is 3.35. The topological polar surface area (TPSA) is 77.8 Å². The summed E-state index contributed by atoms with van der Waals surface area (Å²) in [6, 6.07) is 1.49. The second-order valence-corrected chi connectivity index (χ2v) is 4.63. The van der Waals surface area contributed by atoms with Crippen molar-refractivity contribution in [2.45, 2.75) is 25.8 Å². The average Bonchev–Trinajstić information content (AvgIpc) is 2.77. The lowest BCUT2D eigenvalue weighted by molar-refractivity contribution is 0.370. The third-order valence-electron chi connectivity index (χ3n) is 2.31. The van der Waals surface area contributed by atoms with Crippen LogP contribution >= 0.6 is 15.9 Å². The van der Waals surface area contributed by atoms with Gasteiger partial charge in [0.15, 0.2) is 5.82 Å². The van der Waals surface area contributed by atoms with Crippen molar-refractivity contribution >= 4 is 15.9 Å². The van der Waals surface area contributed by atoms with Crippen molar-refractivity contribution < 1.29 is 4.52 Å². The van der Waals surface area contributed by atoms with Gasteiger partial charge in [-0.15, -0.1) is 0 Å². The van der Waals surface area contributed by atoms with Crippen LogP contribution in [-0.2, 0) is 6.42 Å². The SMILES string of the molecule is CCCc1nc(C(N)c2cncc(Br)c2)no1. The number of pyridine rings is 1. The monoisotopic (exact) mass is 296 g/mol. The number of nitrogens with zero attached hydrogens (tertiary/aromatic N) is 3. The van der Waals surface area contributed by atoms with Gasteiger partial charge in [0.25, 0.3) is 0 Å². The van der Waals surface area contributed by atoms with Crippen LogP contribution in [0.3, 0.4) is 0 Å². The van der Waals surface area contributed by atoms with Crippen LogP contribution in [0.5, 0.6) is 0 Å². The smallest absolute Gasteiger partial charge is 0.226 e. The second-order valence-electron chi connectivity index (χ2n) is 3.71. The zero-order valence-corrected chi connectivity index (χ0v) is 11.0. The molecule has 17 heavy (non-hydrogen) atoms. The van der Waals surface area contributed by atoms with E-state index in [0.29, 0.717) is 11.7 Å². The normalized spacial score (nSPS) is 12.6. The summed E-state index contributed by atoms with van der Waals surface area (Å²) in [5.41, 5.74) is 6.90. The third-order valence-corrected chi connectivity index (χ3v) is 2.74. The fraction of sp³-hybridized carbons (Fsp3) is 0.364. The van der Waals surface area contributed by atoms with E-state index in [9.17, 15) is 0 Å². The van der Waals surface area contributed by atoms with Crippen molar-refractivity contribution in [2.24, 2.45) is 5.73 Å². The van der Waals surface area contributed by atoms with Crippen molar-refractivity contribution in [3.63, 3.8) is 0 Å². The highest BCUT2D eigenvalue weighted by atomic mass is 79.9. The number of aryl methyl sites for hydroxylation is 1. The number of halogens is 1. The van der Waals surface area contributed by atoms with Crippen molar-refractivity contribution in [3.05, 3.63) is 40.2 Å². The van der Waals surface area contributed by atoms with Gasteiger partial charge in [-0.05, 0) is 34.0 Å². The third kappa shape index (κ3) is 2.89. The van der Waals surface area contributed by atoms with Crippen LogP contribution in [0.25, 0.3) is 0 Å². The predicted molar refractivity (Wildman–Crippen MR) is 66.3 cm³/mol. The van der Waals surface area contributed by atoms with Crippen LogP contribution in [0.4, 0.5) is 0 Å². The molecule has 0 saturated heterocycles. The van der Waals surface area contributed by atoms with E-state index >= 15 is 0 Å². The standard InChI is InChI=1S/C11H13BrN4O/c1-2-3-9-15-11(16-17-9)10(13)7-4-8(12)6-14-5-7/h4-6,10H,2-3,13H2,1H3. The van der Waals surface area contributed by atoms with E-state index in [-0.39, 0.29) is 0 Å². The van der Waals surface area contributed by atoms with Crippen molar-refractivity contribution in [2.75, 3.05) is 0 Å². The molecule has 0 aliphatic rings. The van der Waals surface area contributed by atoms with E-state index in [1.807, 2.05) is 6.07 Å². The quantitative estimate of drug-likeness (QED) is 0.936. The zero-order chi connectivity index (χ0) is 12.3. The van der Waals surface area contributed by atoms with E-state index in [1.165, 1.54) is 0 Å². The Kier molecular flexibility index (Phi) is 3.86. The first kappa shape index (κ1) is 12.2. The van der Waals surface area contributed by atoms with Crippen LogP contribution in [-0.4, -0.2) is 15.1 Å². The first-order valence-corrected chi connectivity index (χ1v) is 6.18. The van der Waals surface area contributed by atoms with E-state index in [1.54, 1.807) is 12.4 Å². The summed E-state index contributed by atoms with van der Waals surface area (Å²) in [4.78, 5) is 8.32. The molecule has 0 saturated carbocycles. The van der Waals surface area contributed by atoms with Gasteiger partial charge >= 0.3 is 0 Å². The molecule has 0 amide bonds. The summed E-state index contributed by atoms with van der Waals surface area (Å²) in [6.45, 7) is 2.06. The number of aromatic nitrogens is 3. The minimum atomic E-state index is -0.408. The molecule has 2 aromatic heterocycles. The molecule has 0 aliphatic carbocycles. The molecule has 0 bridgehead atoms. The average molecular weight is 297 g/mol. The Bertz CT molecular complexity index is 500. The molecule has 2 aromatic rings. The van der Waals surface area contributed by atoms with Gasteiger partial charge in [-0.1, -0.05) is 12.1 Å². The summed E-state index contributed by atoms with van der Waals surface area (Å²) < 4.78 is 5.98. The Morgan fingerprint density at radius 1 is 1.47 bits per heavy atom. The molecule has 0 aromatic carbocycles. The predicted octanol–water partition coefficient (Wildman–Crippen LogP) is 2.23. The molecule has 0 aliphatic heterocycles. The number of hydrogen-bond donors (Lipinski definition) is 1. The molecular weight excluding hydrogens is 284 g/mol. The molecule has 2 N–H and O–H groups in total. The molecular formula is C11H13BrN4O. The van der Waals surface area contributed by atoms with Gasteiger partial charge < -0.3 is 10.3 Å². The lowest BCUT2D eigenvalue weighted by Crippen LogP contribution is -2.14. The largest absolute Gasteiger partial charge is 0.339 e. The fourth-order valence-electron chi connectivity index (χ4n) is 1.46. The maximum absolute atomic E-state index is 6.05. The molecule has 5 nitrogen and oxygen atoms in total. The highest BCUT2D eigenvalue weighted by molar-refractivity contribution is 9.10. The van der Waals surface area contributed by atoms with Crippen LogP contribution in [0.15, 0.2) is 27.5 Å². The number of hydrogen-bond acceptors (Lipinski definition) is 5. The van der Waals surface area contributed by atoms with E-state index < -0.39 is 6.04 Å². The van der Waals surface area contributed by atoms with Gasteiger partial charge in [0.1, 0.15) is 0 Å². The van der Waals surface area contributed by atoms with Crippen LogP contribution in [0.1, 0.15) is 36.7 Å². The molecule has 1 unspecified atom stereocenters. The minimum absolute atomic E-state index is 0.408. The van der Waals surface area contributed by atoms with Gasteiger partial charge in [-0.25, -0.2) is 0 Å². The van der Waals surface area contributed by atoms with Crippen LogP contribution in [0.2, 0.25) is 0 Å². The zero-order valence-electron chi connectivity index (χ0n) is 9.43. The lowest BCUT2D eigenvalue weighted by atomic mass is 10.1. The molecule has 2 rings (SSSR count). The molecule has 6 heteroatoms. The Morgan fingerprint density at radius 2 is 2.29 bits per heavy atom. The fourth-order valence-corrected chi connectivity index (χ4v) is 1.84. The van der Waals surface area contributed by atoms with Crippen LogP contribution in [0, 0.1) is 0 Å². The second kappa shape index (κ2) is 5.37. The molecule has 90 valence electrons. The first-order valence-electron chi connectivity index (χ1n) is 5.39. The number of rotatable bonds is 4. The van der Waals surface area contributed by atoms with Gasteiger partial charge in [0.2, 0.25) is 5.89 Å². The molecule has 1 atom stereocenters. The maximum Gasteiger partial charge on any atom is 0.226 e. The first-order chi connectivity index (χ1) is 8.20. The van der Waals surface area contributed by atoms with Gasteiger partial charge in [0, 0.05) is 23.3 Å². The van der Waals surface area contributed by atoms with E-state index in [4.69, 9.17) is 10.3 Å². The summed E-state index contributed by atoms with van der Waals surface area (Å²) in [5, 5.41) is 3.89. The Hall–Kier alpha value is -1.27. The van der Waals surface area contributed by atoms with E-state index in [0.717, 1.165) is 22.9 Å². The van der Waals surface area contributed by atoms with Crippen LogP contribution < -0.4 is 5.73 Å². The Labute approximate surface area is 108 Å². The van der Waals surface area contributed by atoms with Gasteiger partial charge in [-0.3, -0.25) is 4.98 Å². The van der Waals surface area contributed by atoms with Crippen molar-refractivity contribution in [1.82, 2.24) is 15.1 Å². The highest BCUT2D eigenvalue weighted by Crippen LogP contribution is 2.19. The van der Waals surface area contributed by atoms with Gasteiger partial charge in [-0.2, -0.15) is 4.98 Å². The summed E-state index contributed by atoms with van der Waals surface area (Å²) in [6.07, 6.45) is 5.14. The number of nitrogens with two attached hydrogens (primary N) is 1. The maximum atomic E-state index is 6.05. The Morgan fingerprint density at radius 3 is 3.00 bits per heavy atom. The van der Waals surface area contributed by atoms with Crippen molar-refractivity contribution in [3.8, 4) is 0 Å². The molecule has 0 fully saturated rings. The van der Waals surface area contributed by atoms with Crippen molar-refractivity contribution in [1.29, 1.82) is 0 Å². The lowest BCUT2D eigenvalue weighted by Gasteiger charge is -2.06. The molecule has 2 heterocycles. The Balaban J connectivity index is 2.21. The molecule has 0 spiro atoms. The highest BCUT2D eigenvalue weighted by Gasteiger charge is 2.16. The van der Waals surface area contributed by atoms with Gasteiger partial charge in [0.05, 0.1) is 6.04 Å². The summed E-state index contributed by atoms with van der Waals surface area (Å²) in [7, 11) is 0. The molecule has 0 radical (unpaired) electrons. The van der Waals surface area contributed by atoms with E-state index in [2.05, 4.69) is 38.0 Å². The summed E-state index contributed by atoms with van der Waals surface area (Å²) in [5.74, 6) is 1.12. The minimum Gasteiger partial charge on any atom is -0.339 e.